The van der Waals surface area contributed by atoms with Gasteiger partial charge in [-0.15, -0.1) is 0 Å². The van der Waals surface area contributed by atoms with E-state index in [-0.39, 0.29) is 33.0 Å². The largest absolute Gasteiger partial charge is 0.352 e. The van der Waals surface area contributed by atoms with Gasteiger partial charge in [0, 0.05) is 32.0 Å². The highest BCUT2D eigenvalue weighted by molar-refractivity contribution is 7.89. The highest BCUT2D eigenvalue weighted by Crippen LogP contribution is 2.28. The van der Waals surface area contributed by atoms with Gasteiger partial charge in [-0.25, -0.2) is 13.1 Å². The van der Waals surface area contributed by atoms with Crippen LogP contribution in [0.4, 0.5) is 0 Å². The molecule has 0 fully saturated rings. The third-order valence-electron chi connectivity index (χ3n) is 3.65. The molecule has 0 aliphatic rings. The van der Waals surface area contributed by atoms with Gasteiger partial charge in [0.15, 0.2) is 0 Å². The Hall–Kier alpha value is -1.61. The predicted molar refractivity (Wildman–Crippen MR) is 106 cm³/mol. The number of halogens is 2. The van der Waals surface area contributed by atoms with E-state index in [1.54, 1.807) is 10.9 Å². The van der Waals surface area contributed by atoms with Crippen molar-refractivity contribution in [3.05, 3.63) is 46.2 Å². The van der Waals surface area contributed by atoms with Gasteiger partial charge in [-0.2, -0.15) is 5.10 Å². The zero-order valence-electron chi connectivity index (χ0n) is 15.1. The molecule has 2 N–H and O–H groups in total. The topological polar surface area (TPSA) is 93.1 Å². The maximum absolute atomic E-state index is 12.5. The molecule has 1 aromatic heterocycles. The monoisotopic (exact) mass is 432 g/mol. The van der Waals surface area contributed by atoms with Crippen LogP contribution >= 0.6 is 23.2 Å². The minimum atomic E-state index is -3.85. The Morgan fingerprint density at radius 3 is 2.63 bits per heavy atom. The molecule has 0 unspecified atom stereocenters. The molecule has 148 valence electrons. The molecule has 0 saturated carbocycles. The molecule has 0 spiro atoms. The Labute approximate surface area is 169 Å². The number of aromatic nitrogens is 2. The lowest BCUT2D eigenvalue weighted by atomic mass is 10.2. The Bertz CT molecular complexity index is 884. The van der Waals surface area contributed by atoms with Gasteiger partial charge in [-0.05, 0) is 30.5 Å². The van der Waals surface area contributed by atoms with Gasteiger partial charge in [-0.1, -0.05) is 37.0 Å². The van der Waals surface area contributed by atoms with Crippen LogP contribution in [0.1, 0.15) is 30.6 Å². The minimum Gasteiger partial charge on any atom is -0.352 e. The molecule has 7 nitrogen and oxygen atoms in total. The first-order valence-corrected chi connectivity index (χ1v) is 10.7. The van der Waals surface area contributed by atoms with Crippen molar-refractivity contribution in [2.75, 3.05) is 13.1 Å². The molecule has 0 aliphatic carbocycles. The van der Waals surface area contributed by atoms with Gasteiger partial charge in [0.1, 0.15) is 4.90 Å². The third kappa shape index (κ3) is 6.21. The van der Waals surface area contributed by atoms with Crippen LogP contribution in [0.5, 0.6) is 0 Å². The second kappa shape index (κ2) is 9.54. The summed E-state index contributed by atoms with van der Waals surface area (Å²) in [6.45, 7) is 5.07. The number of rotatable bonds is 9. The van der Waals surface area contributed by atoms with Crippen LogP contribution in [0.2, 0.25) is 10.0 Å². The Morgan fingerprint density at radius 2 is 2.00 bits per heavy atom. The molecule has 1 amide bonds. The molecule has 0 aliphatic heterocycles. The maximum Gasteiger partial charge on any atom is 0.252 e. The molecule has 10 heteroatoms. The molecule has 1 aromatic carbocycles. The second-order valence-electron chi connectivity index (χ2n) is 6.39. The van der Waals surface area contributed by atoms with Crippen molar-refractivity contribution in [3.63, 3.8) is 0 Å². The average Bonchev–Trinajstić information content (AvgIpc) is 3.10. The number of nitrogens with zero attached hydrogens (tertiary/aromatic N) is 2. The van der Waals surface area contributed by atoms with Crippen LogP contribution in [0.3, 0.4) is 0 Å². The van der Waals surface area contributed by atoms with Gasteiger partial charge < -0.3 is 5.32 Å². The highest BCUT2D eigenvalue weighted by atomic mass is 35.5. The van der Waals surface area contributed by atoms with Gasteiger partial charge in [-0.3, -0.25) is 9.48 Å². The Balaban J connectivity index is 2.08. The highest BCUT2D eigenvalue weighted by Gasteiger charge is 2.22. The second-order valence-corrected chi connectivity index (χ2v) is 8.94. The number of carbonyl (C=O) groups excluding carboxylic acids is 1. The number of hydrogen-bond donors (Lipinski definition) is 2. The van der Waals surface area contributed by atoms with Gasteiger partial charge in [0.25, 0.3) is 5.91 Å². The first-order chi connectivity index (χ1) is 12.7. The number of aryl methyl sites for hydroxylation is 1. The molecule has 0 bridgehead atoms. The average molecular weight is 433 g/mol. The van der Waals surface area contributed by atoms with E-state index in [2.05, 4.69) is 15.1 Å². The van der Waals surface area contributed by atoms with E-state index >= 15 is 0 Å². The van der Waals surface area contributed by atoms with Crippen LogP contribution in [-0.2, 0) is 16.6 Å². The summed E-state index contributed by atoms with van der Waals surface area (Å²) >= 11 is 12.1. The molecule has 2 aromatic rings. The predicted octanol–water partition coefficient (Wildman–Crippen LogP) is 2.94. The molecule has 1 heterocycles. The van der Waals surface area contributed by atoms with Gasteiger partial charge in [0.05, 0.1) is 15.6 Å². The van der Waals surface area contributed by atoms with E-state index in [9.17, 15) is 13.2 Å². The first kappa shape index (κ1) is 21.7. The summed E-state index contributed by atoms with van der Waals surface area (Å²) in [6.07, 6.45) is 4.18. The lowest BCUT2D eigenvalue weighted by Crippen LogP contribution is -2.29. The van der Waals surface area contributed by atoms with E-state index < -0.39 is 15.9 Å². The molecule has 27 heavy (non-hydrogen) atoms. The van der Waals surface area contributed by atoms with E-state index in [4.69, 9.17) is 23.2 Å². The first-order valence-electron chi connectivity index (χ1n) is 8.45. The van der Waals surface area contributed by atoms with E-state index in [1.165, 1.54) is 12.1 Å². The summed E-state index contributed by atoms with van der Waals surface area (Å²) in [4.78, 5) is 12.2. The fraction of sp³-hybridized carbons (Fsp3) is 0.412. The normalized spacial score (nSPS) is 11.7. The SMILES string of the molecule is CC(C)CNS(=O)(=O)c1cc(C(=O)NCCCn2cccn2)c(Cl)cc1Cl. The Kier molecular flexibility index (Phi) is 7.67. The van der Waals surface area contributed by atoms with Crippen LogP contribution in [0, 0.1) is 5.92 Å². The lowest BCUT2D eigenvalue weighted by Gasteiger charge is -2.13. The van der Waals surface area contributed by atoms with Crippen LogP contribution in [-0.4, -0.2) is 37.2 Å². The van der Waals surface area contributed by atoms with Crippen molar-refractivity contribution in [2.45, 2.75) is 31.7 Å². The van der Waals surface area contributed by atoms with Crippen LogP contribution in [0.15, 0.2) is 35.5 Å². The Morgan fingerprint density at radius 1 is 1.26 bits per heavy atom. The van der Waals surface area contributed by atoms with E-state index in [0.29, 0.717) is 19.5 Å². The van der Waals surface area contributed by atoms with Crippen molar-refractivity contribution in [2.24, 2.45) is 5.92 Å². The molecular weight excluding hydrogens is 411 g/mol. The summed E-state index contributed by atoms with van der Waals surface area (Å²) in [5, 5.41) is 6.86. The fourth-order valence-corrected chi connectivity index (χ4v) is 4.30. The summed E-state index contributed by atoms with van der Waals surface area (Å²) in [5.41, 5.74) is 0.0603. The molecule has 0 saturated heterocycles. The van der Waals surface area contributed by atoms with Crippen molar-refractivity contribution in [3.8, 4) is 0 Å². The molecule has 0 radical (unpaired) electrons. The van der Waals surface area contributed by atoms with Crippen molar-refractivity contribution in [1.29, 1.82) is 0 Å². The standard InChI is InChI=1S/C17H22Cl2N4O3S/c1-12(2)11-22-27(25,26)16-9-13(14(18)10-15(16)19)17(24)20-5-3-7-23-8-4-6-21-23/h4,6,8-10,12,22H,3,5,7,11H2,1-2H3,(H,20,24). The summed E-state index contributed by atoms with van der Waals surface area (Å²) < 4.78 is 29.1. The van der Waals surface area contributed by atoms with E-state index in [0.717, 1.165) is 0 Å². The number of benzene rings is 1. The van der Waals surface area contributed by atoms with Crippen molar-refractivity contribution >= 4 is 39.1 Å². The minimum absolute atomic E-state index is 0.0357. The van der Waals surface area contributed by atoms with Crippen molar-refractivity contribution in [1.82, 2.24) is 19.8 Å². The number of nitrogens with one attached hydrogen (secondary N) is 2. The molecule has 0 atom stereocenters. The zero-order valence-corrected chi connectivity index (χ0v) is 17.4. The third-order valence-corrected chi connectivity index (χ3v) is 5.85. The fourth-order valence-electron chi connectivity index (χ4n) is 2.23. The smallest absolute Gasteiger partial charge is 0.252 e. The maximum atomic E-state index is 12.5. The number of amides is 1. The number of hydrogen-bond acceptors (Lipinski definition) is 4. The quantitative estimate of drug-likeness (QED) is 0.595. The van der Waals surface area contributed by atoms with Crippen LogP contribution < -0.4 is 10.0 Å². The molecular formula is C17H22Cl2N4O3S. The van der Waals surface area contributed by atoms with Gasteiger partial charge in [0.2, 0.25) is 10.0 Å². The van der Waals surface area contributed by atoms with Crippen molar-refractivity contribution < 1.29 is 13.2 Å². The molecule has 2 rings (SSSR count). The zero-order chi connectivity index (χ0) is 20.0. The van der Waals surface area contributed by atoms with E-state index in [1.807, 2.05) is 26.1 Å². The van der Waals surface area contributed by atoms with Crippen LogP contribution in [0.25, 0.3) is 0 Å². The summed E-state index contributed by atoms with van der Waals surface area (Å²) in [6, 6.07) is 4.29. The summed E-state index contributed by atoms with van der Waals surface area (Å²) in [7, 11) is -3.85. The number of sulfonamides is 1. The number of carbonyl (C=O) groups is 1. The lowest BCUT2D eigenvalue weighted by molar-refractivity contribution is 0.0952. The van der Waals surface area contributed by atoms with Gasteiger partial charge >= 0.3 is 0 Å². The summed E-state index contributed by atoms with van der Waals surface area (Å²) in [5.74, 6) is -0.333.